The Balaban J connectivity index is 2.12. The number of aromatic amines is 1. The van der Waals surface area contributed by atoms with E-state index in [1.807, 2.05) is 0 Å². The predicted molar refractivity (Wildman–Crippen MR) is 62.0 cm³/mol. The molecule has 0 aliphatic carbocycles. The second-order valence-electron chi connectivity index (χ2n) is 3.54. The number of ether oxygens (including phenoxy) is 1. The van der Waals surface area contributed by atoms with Crippen molar-refractivity contribution >= 4 is 12.0 Å². The molecule has 2 amide bonds. The van der Waals surface area contributed by atoms with Crippen LogP contribution in [0.15, 0.2) is 12.4 Å². The van der Waals surface area contributed by atoms with Crippen LogP contribution in [0.5, 0.6) is 0 Å². The van der Waals surface area contributed by atoms with E-state index in [9.17, 15) is 9.59 Å². The number of carboxylic acids is 1. The number of H-pyrrole nitrogens is 1. The van der Waals surface area contributed by atoms with Gasteiger partial charge >= 0.3 is 12.0 Å². The number of hydrogen-bond donors (Lipinski definition) is 4. The van der Waals surface area contributed by atoms with Crippen molar-refractivity contribution in [1.29, 1.82) is 0 Å². The Hall–Kier alpha value is -2.09. The molecule has 1 aromatic rings. The molecule has 1 heterocycles. The lowest BCUT2D eigenvalue weighted by atomic mass is 10.3. The van der Waals surface area contributed by atoms with Gasteiger partial charge in [-0.1, -0.05) is 0 Å². The molecule has 1 aromatic heterocycles. The second-order valence-corrected chi connectivity index (χ2v) is 3.54. The van der Waals surface area contributed by atoms with Crippen molar-refractivity contribution in [3.8, 4) is 0 Å². The molecule has 0 aliphatic heterocycles. The fraction of sp³-hybridized carbons (Fsp3) is 0.500. The molecule has 4 N–H and O–H groups in total. The number of nitrogens with one attached hydrogen (secondary N) is 3. The highest BCUT2D eigenvalue weighted by Gasteiger charge is 2.10. The zero-order valence-corrected chi connectivity index (χ0v) is 9.97. The van der Waals surface area contributed by atoms with Crippen molar-refractivity contribution in [3.05, 3.63) is 18.2 Å². The lowest BCUT2D eigenvalue weighted by molar-refractivity contribution is -0.142. The number of carbonyl (C=O) groups is 2. The molecule has 0 radical (unpaired) electrons. The Bertz CT molecular complexity index is 379. The number of rotatable bonds is 7. The van der Waals surface area contributed by atoms with Gasteiger partial charge in [-0.25, -0.2) is 14.6 Å². The van der Waals surface area contributed by atoms with Gasteiger partial charge in [-0.3, -0.25) is 0 Å². The third-order valence-corrected chi connectivity index (χ3v) is 2.03. The minimum Gasteiger partial charge on any atom is -0.480 e. The molecule has 0 saturated heterocycles. The fourth-order valence-electron chi connectivity index (χ4n) is 1.23. The fourth-order valence-corrected chi connectivity index (χ4v) is 1.23. The molecule has 1 rings (SSSR count). The van der Waals surface area contributed by atoms with Crippen LogP contribution in [0, 0.1) is 0 Å². The SMILES string of the molecule is CC(NC(=O)NCCOCC(=O)O)c1ncc[nH]1. The molecule has 0 fully saturated rings. The molecule has 8 heteroatoms. The first-order valence-electron chi connectivity index (χ1n) is 5.42. The van der Waals surface area contributed by atoms with Crippen LogP contribution in [-0.4, -0.2) is 46.8 Å². The summed E-state index contributed by atoms with van der Waals surface area (Å²) in [5.41, 5.74) is 0. The minimum atomic E-state index is -1.04. The number of carbonyl (C=O) groups excluding carboxylic acids is 1. The van der Waals surface area contributed by atoms with Gasteiger partial charge in [0.2, 0.25) is 0 Å². The summed E-state index contributed by atoms with van der Waals surface area (Å²) in [6, 6.07) is -0.599. The summed E-state index contributed by atoms with van der Waals surface area (Å²) in [6.07, 6.45) is 3.27. The van der Waals surface area contributed by atoms with Gasteiger partial charge in [0.15, 0.2) is 0 Å². The zero-order chi connectivity index (χ0) is 13.4. The molecule has 0 aliphatic rings. The largest absolute Gasteiger partial charge is 0.480 e. The van der Waals surface area contributed by atoms with Crippen LogP contribution in [0.4, 0.5) is 4.79 Å². The average molecular weight is 256 g/mol. The summed E-state index contributed by atoms with van der Waals surface area (Å²) in [6.45, 7) is 1.81. The van der Waals surface area contributed by atoms with Crippen LogP contribution >= 0.6 is 0 Å². The van der Waals surface area contributed by atoms with Gasteiger partial charge in [-0.2, -0.15) is 0 Å². The number of carboxylic acid groups (broad SMARTS) is 1. The van der Waals surface area contributed by atoms with Gasteiger partial charge in [0.05, 0.1) is 12.6 Å². The van der Waals surface area contributed by atoms with Gasteiger partial charge in [-0.05, 0) is 6.92 Å². The van der Waals surface area contributed by atoms with E-state index in [0.717, 1.165) is 0 Å². The third-order valence-electron chi connectivity index (χ3n) is 2.03. The van der Waals surface area contributed by atoms with Crippen LogP contribution in [0.3, 0.4) is 0 Å². The Morgan fingerprint density at radius 2 is 2.39 bits per heavy atom. The van der Waals surface area contributed by atoms with Crippen LogP contribution in [0.25, 0.3) is 0 Å². The number of hydrogen-bond acceptors (Lipinski definition) is 4. The second kappa shape index (κ2) is 7.28. The highest BCUT2D eigenvalue weighted by atomic mass is 16.5. The number of aliphatic carboxylic acids is 1. The lowest BCUT2D eigenvalue weighted by Crippen LogP contribution is -2.39. The zero-order valence-electron chi connectivity index (χ0n) is 9.97. The predicted octanol–water partition coefficient (Wildman–Crippen LogP) is -0.129. The normalized spacial score (nSPS) is 11.8. The highest BCUT2D eigenvalue weighted by molar-refractivity contribution is 5.74. The maximum absolute atomic E-state index is 11.4. The molecule has 0 saturated carbocycles. The van der Waals surface area contributed by atoms with E-state index in [1.165, 1.54) is 0 Å². The topological polar surface area (TPSA) is 116 Å². The highest BCUT2D eigenvalue weighted by Crippen LogP contribution is 2.03. The molecule has 18 heavy (non-hydrogen) atoms. The van der Waals surface area contributed by atoms with Crippen molar-refractivity contribution in [2.75, 3.05) is 19.8 Å². The van der Waals surface area contributed by atoms with Crippen molar-refractivity contribution in [1.82, 2.24) is 20.6 Å². The molecule has 8 nitrogen and oxygen atoms in total. The third kappa shape index (κ3) is 5.30. The molecule has 100 valence electrons. The number of imidazole rings is 1. The molecule has 0 spiro atoms. The van der Waals surface area contributed by atoms with Gasteiger partial charge in [0, 0.05) is 18.9 Å². The molecule has 1 atom stereocenters. The van der Waals surface area contributed by atoms with Crippen molar-refractivity contribution in [2.24, 2.45) is 0 Å². The van der Waals surface area contributed by atoms with Crippen molar-refractivity contribution in [2.45, 2.75) is 13.0 Å². The number of urea groups is 1. The van der Waals surface area contributed by atoms with E-state index in [1.54, 1.807) is 19.3 Å². The molecule has 1 unspecified atom stereocenters. The quantitative estimate of drug-likeness (QED) is 0.507. The first-order valence-corrected chi connectivity index (χ1v) is 5.42. The van der Waals surface area contributed by atoms with E-state index in [2.05, 4.69) is 20.6 Å². The summed E-state index contributed by atoms with van der Waals surface area (Å²) in [7, 11) is 0. The minimum absolute atomic E-state index is 0.148. The Morgan fingerprint density at radius 3 is 3.00 bits per heavy atom. The monoisotopic (exact) mass is 256 g/mol. The average Bonchev–Trinajstić information content (AvgIpc) is 2.81. The number of amides is 2. The van der Waals surface area contributed by atoms with Gasteiger partial charge in [0.25, 0.3) is 0 Å². The van der Waals surface area contributed by atoms with Crippen LogP contribution in [-0.2, 0) is 9.53 Å². The summed E-state index contributed by atoms with van der Waals surface area (Å²) in [5, 5.41) is 13.5. The van der Waals surface area contributed by atoms with Gasteiger partial charge in [-0.15, -0.1) is 0 Å². The number of nitrogens with zero attached hydrogens (tertiary/aromatic N) is 1. The van der Waals surface area contributed by atoms with E-state index < -0.39 is 5.97 Å². The Labute approximate surface area is 104 Å². The van der Waals surface area contributed by atoms with Crippen LogP contribution in [0.1, 0.15) is 18.8 Å². The maximum Gasteiger partial charge on any atom is 0.329 e. The van der Waals surface area contributed by atoms with Crippen LogP contribution < -0.4 is 10.6 Å². The van der Waals surface area contributed by atoms with E-state index in [-0.39, 0.29) is 31.8 Å². The Kier molecular flexibility index (Phi) is 5.65. The van der Waals surface area contributed by atoms with Gasteiger partial charge in [0.1, 0.15) is 12.4 Å². The molecule has 0 aromatic carbocycles. The first kappa shape index (κ1) is 14.0. The van der Waals surface area contributed by atoms with Gasteiger partial charge < -0.3 is 25.5 Å². The Morgan fingerprint density at radius 1 is 1.61 bits per heavy atom. The number of aromatic nitrogens is 2. The maximum atomic E-state index is 11.4. The van der Waals surface area contributed by atoms with E-state index >= 15 is 0 Å². The molecular formula is C10H16N4O4. The van der Waals surface area contributed by atoms with E-state index in [4.69, 9.17) is 9.84 Å². The van der Waals surface area contributed by atoms with Crippen molar-refractivity contribution in [3.63, 3.8) is 0 Å². The van der Waals surface area contributed by atoms with E-state index in [0.29, 0.717) is 5.82 Å². The summed E-state index contributed by atoms with van der Waals surface area (Å²) in [5.74, 6) is -0.377. The molecular weight excluding hydrogens is 240 g/mol. The summed E-state index contributed by atoms with van der Waals surface area (Å²) >= 11 is 0. The van der Waals surface area contributed by atoms with Crippen molar-refractivity contribution < 1.29 is 19.4 Å². The lowest BCUT2D eigenvalue weighted by Gasteiger charge is -2.12. The summed E-state index contributed by atoms with van der Waals surface area (Å²) in [4.78, 5) is 28.4. The van der Waals surface area contributed by atoms with Crippen LogP contribution in [0.2, 0.25) is 0 Å². The molecule has 0 bridgehead atoms. The smallest absolute Gasteiger partial charge is 0.329 e. The standard InChI is InChI=1S/C10H16N4O4/c1-7(9-11-2-3-12-9)14-10(17)13-4-5-18-6-8(15)16/h2-3,7H,4-6H2,1H3,(H,11,12)(H,15,16)(H2,13,14,17). The summed E-state index contributed by atoms with van der Waals surface area (Å²) < 4.78 is 4.76. The first-order chi connectivity index (χ1) is 8.59.